The van der Waals surface area contributed by atoms with E-state index in [-0.39, 0.29) is 41.7 Å². The lowest BCUT2D eigenvalue weighted by atomic mass is 10.2. The van der Waals surface area contributed by atoms with E-state index < -0.39 is 0 Å². The summed E-state index contributed by atoms with van der Waals surface area (Å²) in [4.78, 5) is 37.2. The molecule has 1 fully saturated rings. The molecule has 3 heterocycles. The second-order valence-corrected chi connectivity index (χ2v) is 7.05. The first-order valence-electron chi connectivity index (χ1n) is 9.64. The van der Waals surface area contributed by atoms with Crippen LogP contribution in [0.1, 0.15) is 12.2 Å². The number of hydrogen-bond donors (Lipinski definition) is 0. The van der Waals surface area contributed by atoms with E-state index in [0.29, 0.717) is 32.0 Å². The monoisotopic (exact) mass is 412 g/mol. The number of carbonyl (C=O) groups is 1. The van der Waals surface area contributed by atoms with Crippen LogP contribution in [-0.4, -0.2) is 56.7 Å². The Kier molecular flexibility index (Phi) is 5.55. The number of anilines is 1. The second-order valence-electron chi connectivity index (χ2n) is 7.05. The summed E-state index contributed by atoms with van der Waals surface area (Å²) in [6.45, 7) is 4.37. The second kappa shape index (κ2) is 8.44. The van der Waals surface area contributed by atoms with Crippen LogP contribution in [0.15, 0.2) is 46.1 Å². The van der Waals surface area contributed by atoms with Gasteiger partial charge >= 0.3 is 0 Å². The molecule has 2 aromatic heterocycles. The van der Waals surface area contributed by atoms with E-state index in [1.165, 1.54) is 29.2 Å². The minimum Gasteiger partial charge on any atom is -0.368 e. The molecule has 0 atom stereocenters. The van der Waals surface area contributed by atoms with Crippen molar-refractivity contribution in [3.63, 3.8) is 0 Å². The quantitative estimate of drug-likeness (QED) is 0.626. The van der Waals surface area contributed by atoms with Crippen molar-refractivity contribution in [2.45, 2.75) is 19.9 Å². The largest absolute Gasteiger partial charge is 0.368 e. The van der Waals surface area contributed by atoms with E-state index in [1.807, 2.05) is 0 Å². The van der Waals surface area contributed by atoms with Gasteiger partial charge in [-0.05, 0) is 31.2 Å². The molecule has 0 N–H and O–H groups in total. The fourth-order valence-electron chi connectivity index (χ4n) is 3.40. The van der Waals surface area contributed by atoms with E-state index in [0.717, 1.165) is 5.69 Å². The Hall–Kier alpha value is -3.56. The molecule has 0 spiro atoms. The van der Waals surface area contributed by atoms with Gasteiger partial charge in [-0.15, -0.1) is 0 Å². The van der Waals surface area contributed by atoms with Crippen LogP contribution in [0.25, 0.3) is 11.5 Å². The highest BCUT2D eigenvalue weighted by Crippen LogP contribution is 2.17. The van der Waals surface area contributed by atoms with Crippen molar-refractivity contribution in [3.05, 3.63) is 58.8 Å². The number of benzene rings is 1. The topological polar surface area (TPSA) is 97.4 Å². The first kappa shape index (κ1) is 19.7. The molecule has 1 saturated heterocycles. The molecule has 4 rings (SSSR count). The van der Waals surface area contributed by atoms with Gasteiger partial charge in [0.2, 0.25) is 5.91 Å². The SMILES string of the molecule is Cc1noc(-c2cncn(CCC(=O)N3CCN(c4ccc(F)cc4)CC3)c2=O)n1. The van der Waals surface area contributed by atoms with Crippen LogP contribution in [0.2, 0.25) is 0 Å². The lowest BCUT2D eigenvalue weighted by Gasteiger charge is -2.36. The third-order valence-corrected chi connectivity index (χ3v) is 5.05. The van der Waals surface area contributed by atoms with Crippen molar-refractivity contribution in [2.75, 3.05) is 31.1 Å². The van der Waals surface area contributed by atoms with Gasteiger partial charge in [0.1, 0.15) is 11.4 Å². The van der Waals surface area contributed by atoms with Crippen LogP contribution in [0.4, 0.5) is 10.1 Å². The van der Waals surface area contributed by atoms with Crippen LogP contribution in [0.3, 0.4) is 0 Å². The summed E-state index contributed by atoms with van der Waals surface area (Å²) < 4.78 is 19.5. The molecule has 9 nitrogen and oxygen atoms in total. The molecule has 0 bridgehead atoms. The zero-order chi connectivity index (χ0) is 21.1. The highest BCUT2D eigenvalue weighted by atomic mass is 19.1. The Morgan fingerprint density at radius 1 is 1.17 bits per heavy atom. The van der Waals surface area contributed by atoms with Crippen molar-refractivity contribution in [1.82, 2.24) is 24.6 Å². The van der Waals surface area contributed by atoms with Gasteiger partial charge < -0.3 is 14.3 Å². The predicted molar refractivity (Wildman–Crippen MR) is 106 cm³/mol. The van der Waals surface area contributed by atoms with Gasteiger partial charge in [0.25, 0.3) is 11.4 Å². The molecular weight excluding hydrogens is 391 g/mol. The summed E-state index contributed by atoms with van der Waals surface area (Å²) in [7, 11) is 0. The summed E-state index contributed by atoms with van der Waals surface area (Å²) in [5.41, 5.74) is 0.815. The van der Waals surface area contributed by atoms with Gasteiger partial charge in [-0.3, -0.25) is 14.2 Å². The van der Waals surface area contributed by atoms with E-state index in [9.17, 15) is 14.0 Å². The van der Waals surface area contributed by atoms with Gasteiger partial charge in [0, 0.05) is 51.0 Å². The van der Waals surface area contributed by atoms with Crippen molar-refractivity contribution in [3.8, 4) is 11.5 Å². The molecule has 0 unspecified atom stereocenters. The number of carbonyl (C=O) groups excluding carboxylic acids is 1. The maximum Gasteiger partial charge on any atom is 0.266 e. The first-order valence-corrected chi connectivity index (χ1v) is 9.64. The van der Waals surface area contributed by atoms with Crippen LogP contribution < -0.4 is 10.5 Å². The molecular formula is C20H21FN6O3. The standard InChI is InChI=1S/C20H21FN6O3/c1-14-23-19(30-24-14)17-12-22-13-27(20(17)29)7-6-18(28)26-10-8-25(9-11-26)16-4-2-15(21)3-5-16/h2-5,12-13H,6-11H2,1H3. The van der Waals surface area contributed by atoms with E-state index in [4.69, 9.17) is 4.52 Å². The lowest BCUT2D eigenvalue weighted by Crippen LogP contribution is -2.49. The van der Waals surface area contributed by atoms with E-state index in [1.54, 1.807) is 24.0 Å². The van der Waals surface area contributed by atoms with Gasteiger partial charge in [-0.1, -0.05) is 5.16 Å². The zero-order valence-corrected chi connectivity index (χ0v) is 16.5. The highest BCUT2D eigenvalue weighted by Gasteiger charge is 2.21. The summed E-state index contributed by atoms with van der Waals surface area (Å²) >= 11 is 0. The fourth-order valence-corrected chi connectivity index (χ4v) is 3.40. The van der Waals surface area contributed by atoms with Gasteiger partial charge in [0.05, 0.1) is 6.33 Å². The molecule has 0 aliphatic carbocycles. The molecule has 0 saturated carbocycles. The average molecular weight is 412 g/mol. The normalized spacial score (nSPS) is 14.2. The maximum absolute atomic E-state index is 13.1. The predicted octanol–water partition coefficient (Wildman–Crippen LogP) is 1.48. The Labute approximate surface area is 171 Å². The Bertz CT molecular complexity index is 1090. The Morgan fingerprint density at radius 2 is 1.90 bits per heavy atom. The molecule has 0 radical (unpaired) electrons. The molecule has 156 valence electrons. The van der Waals surface area contributed by atoms with E-state index >= 15 is 0 Å². The number of piperazine rings is 1. The summed E-state index contributed by atoms with van der Waals surface area (Å²) in [6, 6.07) is 6.35. The number of amides is 1. The molecule has 3 aromatic rings. The van der Waals surface area contributed by atoms with Crippen molar-refractivity contribution in [1.29, 1.82) is 0 Å². The minimum absolute atomic E-state index is 0.0281. The molecule has 10 heteroatoms. The highest BCUT2D eigenvalue weighted by molar-refractivity contribution is 5.76. The number of aryl methyl sites for hydroxylation is 2. The maximum atomic E-state index is 13.1. The minimum atomic E-state index is -0.331. The van der Waals surface area contributed by atoms with Crippen LogP contribution >= 0.6 is 0 Å². The van der Waals surface area contributed by atoms with Crippen LogP contribution in [-0.2, 0) is 11.3 Å². The third-order valence-electron chi connectivity index (χ3n) is 5.05. The summed E-state index contributed by atoms with van der Waals surface area (Å²) in [5.74, 6) is 0.243. The zero-order valence-electron chi connectivity index (χ0n) is 16.5. The van der Waals surface area contributed by atoms with Crippen LogP contribution in [0.5, 0.6) is 0 Å². The smallest absolute Gasteiger partial charge is 0.266 e. The third kappa shape index (κ3) is 4.22. The molecule has 1 aliphatic heterocycles. The Balaban J connectivity index is 1.34. The van der Waals surface area contributed by atoms with Crippen LogP contribution in [0, 0.1) is 12.7 Å². The molecule has 30 heavy (non-hydrogen) atoms. The molecule has 1 aromatic carbocycles. The van der Waals surface area contributed by atoms with Crippen molar-refractivity contribution in [2.24, 2.45) is 0 Å². The number of hydrogen-bond acceptors (Lipinski definition) is 7. The number of aromatic nitrogens is 4. The molecule has 1 aliphatic rings. The van der Waals surface area contributed by atoms with Gasteiger partial charge in [-0.2, -0.15) is 4.98 Å². The van der Waals surface area contributed by atoms with Gasteiger partial charge in [-0.25, -0.2) is 9.37 Å². The number of rotatable bonds is 5. The average Bonchev–Trinajstić information content (AvgIpc) is 3.19. The van der Waals surface area contributed by atoms with Crippen molar-refractivity contribution < 1.29 is 13.7 Å². The molecule has 1 amide bonds. The van der Waals surface area contributed by atoms with E-state index in [2.05, 4.69) is 20.0 Å². The summed E-state index contributed by atoms with van der Waals surface area (Å²) in [5, 5.41) is 3.69. The number of nitrogens with zero attached hydrogens (tertiary/aromatic N) is 6. The Morgan fingerprint density at radius 3 is 2.57 bits per heavy atom. The van der Waals surface area contributed by atoms with Crippen molar-refractivity contribution >= 4 is 11.6 Å². The fraction of sp³-hybridized carbons (Fsp3) is 0.350. The lowest BCUT2D eigenvalue weighted by molar-refractivity contribution is -0.131. The number of halogens is 1. The van der Waals surface area contributed by atoms with Gasteiger partial charge in [0.15, 0.2) is 5.82 Å². The summed E-state index contributed by atoms with van der Waals surface area (Å²) in [6.07, 6.45) is 2.96. The first-order chi connectivity index (χ1) is 14.5.